The molecule has 0 unspecified atom stereocenters. The zero-order valence-electron chi connectivity index (χ0n) is 15.2. The van der Waals surface area contributed by atoms with Crippen molar-refractivity contribution in [1.82, 2.24) is 4.90 Å². The molecule has 2 amide bonds. The summed E-state index contributed by atoms with van der Waals surface area (Å²) in [6.07, 6.45) is 1.32. The minimum atomic E-state index is -0.637. The minimum absolute atomic E-state index is 0.102. The Morgan fingerprint density at radius 1 is 1.03 bits per heavy atom. The number of nitro benzene ring substituents is 1. The van der Waals surface area contributed by atoms with Crippen LogP contribution >= 0.6 is 35.0 Å². The Morgan fingerprint density at radius 3 is 2.50 bits per heavy atom. The van der Waals surface area contributed by atoms with Crippen LogP contribution in [0, 0.1) is 10.1 Å². The number of hydrogen-bond donors (Lipinski definition) is 0. The van der Waals surface area contributed by atoms with Crippen molar-refractivity contribution >= 4 is 68.6 Å². The van der Waals surface area contributed by atoms with E-state index in [9.17, 15) is 19.7 Å². The molecule has 1 aliphatic heterocycles. The van der Waals surface area contributed by atoms with Crippen LogP contribution in [-0.4, -0.2) is 21.0 Å². The van der Waals surface area contributed by atoms with Crippen LogP contribution in [-0.2, 0) is 11.3 Å². The molecule has 30 heavy (non-hydrogen) atoms. The molecule has 3 aromatic carbocycles. The molecule has 1 heterocycles. The highest BCUT2D eigenvalue weighted by Gasteiger charge is 2.35. The van der Waals surface area contributed by atoms with E-state index in [2.05, 4.69) is 0 Å². The Labute approximate surface area is 185 Å². The highest BCUT2D eigenvalue weighted by atomic mass is 35.5. The number of imide groups is 1. The first-order valence-electron chi connectivity index (χ1n) is 8.70. The Kier molecular flexibility index (Phi) is 5.51. The number of carbonyl (C=O) groups is 2. The molecule has 0 aliphatic carbocycles. The summed E-state index contributed by atoms with van der Waals surface area (Å²) in [6, 6.07) is 16.0. The van der Waals surface area contributed by atoms with E-state index >= 15 is 0 Å². The maximum Gasteiger partial charge on any atom is 0.293 e. The van der Waals surface area contributed by atoms with Crippen LogP contribution in [0.4, 0.5) is 10.5 Å². The van der Waals surface area contributed by atoms with Crippen LogP contribution in [0.25, 0.3) is 16.8 Å². The molecule has 150 valence electrons. The average molecular weight is 459 g/mol. The van der Waals surface area contributed by atoms with E-state index in [-0.39, 0.29) is 32.7 Å². The van der Waals surface area contributed by atoms with Gasteiger partial charge in [-0.05, 0) is 46.3 Å². The van der Waals surface area contributed by atoms with E-state index in [4.69, 9.17) is 23.2 Å². The number of rotatable bonds is 4. The molecule has 0 atom stereocenters. The fourth-order valence-corrected chi connectivity index (χ4v) is 4.49. The number of thioether (sulfide) groups is 1. The summed E-state index contributed by atoms with van der Waals surface area (Å²) in [5.74, 6) is -0.503. The lowest BCUT2D eigenvalue weighted by atomic mass is 10.1. The number of hydrogen-bond acceptors (Lipinski definition) is 5. The van der Waals surface area contributed by atoms with Crippen molar-refractivity contribution in [3.05, 3.63) is 90.8 Å². The van der Waals surface area contributed by atoms with E-state index in [1.165, 1.54) is 18.2 Å². The number of carbonyl (C=O) groups excluding carboxylic acids is 2. The van der Waals surface area contributed by atoms with E-state index < -0.39 is 16.1 Å². The molecule has 0 aromatic heterocycles. The van der Waals surface area contributed by atoms with Crippen LogP contribution in [0.1, 0.15) is 11.1 Å². The van der Waals surface area contributed by atoms with E-state index in [0.717, 1.165) is 33.0 Å². The number of fused-ring (bicyclic) bond motifs is 1. The largest absolute Gasteiger partial charge is 0.293 e. The van der Waals surface area contributed by atoms with Gasteiger partial charge in [0.25, 0.3) is 16.8 Å². The van der Waals surface area contributed by atoms with Gasteiger partial charge in [-0.25, -0.2) is 0 Å². The smallest absolute Gasteiger partial charge is 0.268 e. The van der Waals surface area contributed by atoms with Gasteiger partial charge in [0, 0.05) is 16.7 Å². The summed E-state index contributed by atoms with van der Waals surface area (Å²) in [4.78, 5) is 37.0. The molecule has 0 radical (unpaired) electrons. The van der Waals surface area contributed by atoms with Crippen molar-refractivity contribution in [3.63, 3.8) is 0 Å². The summed E-state index contributed by atoms with van der Waals surface area (Å²) < 4.78 is 0. The molecule has 0 N–H and O–H groups in total. The van der Waals surface area contributed by atoms with Gasteiger partial charge in [0.2, 0.25) is 0 Å². The molecule has 3 aromatic rings. The first-order chi connectivity index (χ1) is 14.3. The van der Waals surface area contributed by atoms with Crippen molar-refractivity contribution in [2.24, 2.45) is 0 Å². The Morgan fingerprint density at radius 2 is 1.77 bits per heavy atom. The Hall–Kier alpha value is -2.87. The summed E-state index contributed by atoms with van der Waals surface area (Å²) >= 11 is 13.0. The summed E-state index contributed by atoms with van der Waals surface area (Å²) in [5.41, 5.74) is 0.607. The van der Waals surface area contributed by atoms with Crippen LogP contribution in [0.2, 0.25) is 10.0 Å². The summed E-state index contributed by atoms with van der Waals surface area (Å²) in [6.45, 7) is 0.114. The van der Waals surface area contributed by atoms with E-state index in [1.807, 2.05) is 42.5 Å². The van der Waals surface area contributed by atoms with Crippen molar-refractivity contribution in [3.8, 4) is 0 Å². The lowest BCUT2D eigenvalue weighted by molar-refractivity contribution is -0.384. The molecule has 0 bridgehead atoms. The number of amides is 2. The zero-order chi connectivity index (χ0) is 21.4. The van der Waals surface area contributed by atoms with E-state index in [0.29, 0.717) is 0 Å². The van der Waals surface area contributed by atoms with Gasteiger partial charge in [-0.3, -0.25) is 24.6 Å². The fourth-order valence-electron chi connectivity index (χ4n) is 3.12. The van der Waals surface area contributed by atoms with Crippen molar-refractivity contribution in [2.75, 3.05) is 0 Å². The number of nitro groups is 1. The van der Waals surface area contributed by atoms with Crippen LogP contribution in [0.5, 0.6) is 0 Å². The lowest BCUT2D eigenvalue weighted by Gasteiger charge is -2.13. The third kappa shape index (κ3) is 3.79. The van der Waals surface area contributed by atoms with Crippen molar-refractivity contribution in [2.45, 2.75) is 6.54 Å². The zero-order valence-corrected chi connectivity index (χ0v) is 17.5. The highest BCUT2D eigenvalue weighted by molar-refractivity contribution is 8.18. The average Bonchev–Trinajstić information content (AvgIpc) is 2.98. The molecule has 1 fully saturated rings. The first kappa shape index (κ1) is 20.4. The molecule has 1 saturated heterocycles. The normalized spacial score (nSPS) is 15.4. The van der Waals surface area contributed by atoms with Gasteiger partial charge in [-0.2, -0.15) is 0 Å². The fraction of sp³-hybridized carbons (Fsp3) is 0.0476. The second-order valence-electron chi connectivity index (χ2n) is 6.50. The van der Waals surface area contributed by atoms with Gasteiger partial charge in [-0.15, -0.1) is 0 Å². The Bertz CT molecular complexity index is 1260. The van der Waals surface area contributed by atoms with Crippen LogP contribution in [0.15, 0.2) is 59.5 Å². The maximum atomic E-state index is 12.8. The maximum absolute atomic E-state index is 12.8. The number of nitrogens with zero attached hydrogens (tertiary/aromatic N) is 2. The van der Waals surface area contributed by atoms with Gasteiger partial charge in [0.1, 0.15) is 5.02 Å². The summed E-state index contributed by atoms with van der Waals surface area (Å²) in [7, 11) is 0. The van der Waals surface area contributed by atoms with Gasteiger partial charge in [0.15, 0.2) is 0 Å². The molecule has 4 rings (SSSR count). The highest BCUT2D eigenvalue weighted by Crippen LogP contribution is 2.39. The molecule has 0 spiro atoms. The minimum Gasteiger partial charge on any atom is -0.268 e. The summed E-state index contributed by atoms with van der Waals surface area (Å²) in [5, 5.41) is 12.7. The quantitative estimate of drug-likeness (QED) is 0.260. The molecule has 6 nitrogen and oxygen atoms in total. The molecule has 1 aliphatic rings. The van der Waals surface area contributed by atoms with Crippen molar-refractivity contribution in [1.29, 1.82) is 0 Å². The monoisotopic (exact) mass is 458 g/mol. The predicted molar refractivity (Wildman–Crippen MR) is 119 cm³/mol. The lowest BCUT2D eigenvalue weighted by Crippen LogP contribution is -2.27. The third-order valence-electron chi connectivity index (χ3n) is 4.61. The van der Waals surface area contributed by atoms with Crippen LogP contribution in [0.3, 0.4) is 0 Å². The van der Waals surface area contributed by atoms with Gasteiger partial charge >= 0.3 is 0 Å². The van der Waals surface area contributed by atoms with Crippen molar-refractivity contribution < 1.29 is 14.5 Å². The van der Waals surface area contributed by atoms with E-state index in [1.54, 1.807) is 0 Å². The van der Waals surface area contributed by atoms with Crippen LogP contribution < -0.4 is 0 Å². The molecule has 0 saturated carbocycles. The predicted octanol–water partition coefficient (Wildman–Crippen LogP) is 6.29. The molecule has 9 heteroatoms. The standard InChI is InChI=1S/C21H12Cl2N2O4S/c22-16-7-8-17(25(28)29)19(23)15(16)10-18-20(26)24(21(27)30-18)11-12-5-6-13-3-1-2-4-14(13)9-12/h1-10H,11H2/b18-10-. The number of benzene rings is 3. The second-order valence-corrected chi connectivity index (χ2v) is 8.28. The Balaban J connectivity index is 1.64. The first-order valence-corrected chi connectivity index (χ1v) is 10.3. The van der Waals surface area contributed by atoms with Gasteiger partial charge in [-0.1, -0.05) is 59.6 Å². The third-order valence-corrected chi connectivity index (χ3v) is 6.24. The molecular formula is C21H12Cl2N2O4S. The second kappa shape index (κ2) is 8.10. The topological polar surface area (TPSA) is 80.5 Å². The number of halogens is 2. The van der Waals surface area contributed by atoms with Gasteiger partial charge in [0.05, 0.1) is 16.4 Å². The molecular weight excluding hydrogens is 447 g/mol. The van der Waals surface area contributed by atoms with Gasteiger partial charge < -0.3 is 0 Å². The SMILES string of the molecule is O=C1S/C(=C\c2c(Cl)ccc([N+](=O)[O-])c2Cl)C(=O)N1Cc1ccc2ccccc2c1.